The van der Waals surface area contributed by atoms with E-state index in [1.165, 1.54) is 18.2 Å². The number of thiazole rings is 1. The Bertz CT molecular complexity index is 1010. The van der Waals surface area contributed by atoms with Crippen LogP contribution in [0.2, 0.25) is 0 Å². The topological polar surface area (TPSA) is 111 Å². The van der Waals surface area contributed by atoms with Crippen LogP contribution < -0.4 is 10.1 Å². The van der Waals surface area contributed by atoms with Crippen LogP contribution >= 0.6 is 11.3 Å². The summed E-state index contributed by atoms with van der Waals surface area (Å²) < 4.78 is 5.65. The average Bonchev–Trinajstić information content (AvgIpc) is 3.07. The predicted octanol–water partition coefficient (Wildman–Crippen LogP) is 3.81. The van der Waals surface area contributed by atoms with Crippen molar-refractivity contribution in [3.05, 3.63) is 58.1 Å². The second-order valence-corrected chi connectivity index (χ2v) is 6.66. The van der Waals surface area contributed by atoms with E-state index in [0.717, 1.165) is 11.3 Å². The number of methoxy groups -OCH3 is 1. The van der Waals surface area contributed by atoms with Crippen molar-refractivity contribution in [2.45, 2.75) is 12.8 Å². The maximum atomic E-state index is 12.1. The number of nitro groups is 1. The highest BCUT2D eigenvalue weighted by molar-refractivity contribution is 7.22. The number of nitrogens with one attached hydrogen (secondary N) is 1. The number of benzene rings is 2. The van der Waals surface area contributed by atoms with Gasteiger partial charge in [0.15, 0.2) is 10.9 Å². The van der Waals surface area contributed by atoms with Gasteiger partial charge in [-0.05, 0) is 30.3 Å². The number of fused-ring (bicyclic) bond motifs is 1. The molecule has 1 N–H and O–H groups in total. The van der Waals surface area contributed by atoms with E-state index in [2.05, 4.69) is 10.3 Å². The number of Topliss-reactive ketones (excluding diaryl/α,β-unsaturated/α-hetero) is 1. The number of carbonyl (C=O) groups excluding carboxylic acids is 2. The smallest absolute Gasteiger partial charge is 0.270 e. The van der Waals surface area contributed by atoms with Crippen LogP contribution in [-0.4, -0.2) is 28.7 Å². The molecule has 8 nitrogen and oxygen atoms in total. The fourth-order valence-corrected chi connectivity index (χ4v) is 3.33. The summed E-state index contributed by atoms with van der Waals surface area (Å²) in [6.45, 7) is 0. The third-order valence-corrected chi connectivity index (χ3v) is 4.75. The maximum Gasteiger partial charge on any atom is 0.270 e. The first-order chi connectivity index (χ1) is 13.0. The van der Waals surface area contributed by atoms with Crippen LogP contribution in [0.3, 0.4) is 0 Å². The first-order valence-electron chi connectivity index (χ1n) is 7.98. The molecule has 0 atom stereocenters. The van der Waals surface area contributed by atoms with Gasteiger partial charge in [0.05, 0.1) is 22.2 Å². The van der Waals surface area contributed by atoms with Crippen LogP contribution in [0.25, 0.3) is 10.2 Å². The molecular weight excluding hydrogens is 370 g/mol. The maximum absolute atomic E-state index is 12.1. The van der Waals surface area contributed by atoms with Gasteiger partial charge >= 0.3 is 0 Å². The van der Waals surface area contributed by atoms with Crippen molar-refractivity contribution in [3.8, 4) is 5.75 Å². The van der Waals surface area contributed by atoms with Gasteiger partial charge in [-0.25, -0.2) is 4.98 Å². The summed E-state index contributed by atoms with van der Waals surface area (Å²) in [6.07, 6.45) is 0.0788. The second-order valence-electron chi connectivity index (χ2n) is 5.63. The lowest BCUT2D eigenvalue weighted by Crippen LogP contribution is -2.13. The molecule has 0 aliphatic heterocycles. The highest BCUT2D eigenvalue weighted by Gasteiger charge is 2.13. The Hall–Kier alpha value is -3.33. The number of nitro benzene ring substituents is 1. The molecule has 0 aliphatic rings. The van der Waals surface area contributed by atoms with E-state index in [1.54, 1.807) is 31.4 Å². The fraction of sp³-hybridized carbons (Fsp3) is 0.167. The minimum atomic E-state index is -0.484. The Morgan fingerprint density at radius 2 is 1.93 bits per heavy atom. The van der Waals surface area contributed by atoms with Gasteiger partial charge in [0.1, 0.15) is 5.75 Å². The van der Waals surface area contributed by atoms with Gasteiger partial charge < -0.3 is 10.1 Å². The third-order valence-electron chi connectivity index (χ3n) is 3.82. The Balaban J connectivity index is 1.59. The van der Waals surface area contributed by atoms with Crippen LogP contribution in [-0.2, 0) is 4.79 Å². The zero-order valence-corrected chi connectivity index (χ0v) is 15.1. The lowest BCUT2D eigenvalue weighted by atomic mass is 10.1. The lowest BCUT2D eigenvalue weighted by Gasteiger charge is -2.03. The monoisotopic (exact) mass is 385 g/mol. The summed E-state index contributed by atoms with van der Waals surface area (Å²) in [4.78, 5) is 38.8. The predicted molar refractivity (Wildman–Crippen MR) is 101 cm³/mol. The zero-order chi connectivity index (χ0) is 19.4. The molecule has 3 aromatic rings. The van der Waals surface area contributed by atoms with Crippen molar-refractivity contribution in [2.75, 3.05) is 12.4 Å². The Morgan fingerprint density at radius 3 is 2.59 bits per heavy atom. The molecule has 0 radical (unpaired) electrons. The normalized spacial score (nSPS) is 10.6. The summed E-state index contributed by atoms with van der Waals surface area (Å²) in [7, 11) is 1.54. The lowest BCUT2D eigenvalue weighted by molar-refractivity contribution is -0.384. The molecule has 138 valence electrons. The van der Waals surface area contributed by atoms with E-state index >= 15 is 0 Å². The summed E-state index contributed by atoms with van der Waals surface area (Å²) >= 11 is 1.15. The number of aromatic nitrogens is 1. The number of rotatable bonds is 7. The standard InChI is InChI=1S/C18H15N3O5S/c1-26-13-5-2-11(3-6-13)15(22)8-9-17(23)20-18-19-14-7-4-12(21(24)25)10-16(14)27-18/h2-7,10H,8-9H2,1H3,(H,19,20,23). The van der Waals surface area contributed by atoms with Crippen LogP contribution in [0, 0.1) is 10.1 Å². The van der Waals surface area contributed by atoms with E-state index in [0.29, 0.717) is 26.7 Å². The first-order valence-corrected chi connectivity index (χ1v) is 8.80. The van der Waals surface area contributed by atoms with Crippen LogP contribution in [0.1, 0.15) is 23.2 Å². The molecule has 9 heteroatoms. The first kappa shape index (κ1) is 18.5. The third kappa shape index (κ3) is 4.45. The van der Waals surface area contributed by atoms with Gasteiger partial charge in [0.2, 0.25) is 5.91 Å². The molecular formula is C18H15N3O5S. The summed E-state index contributed by atoms with van der Waals surface area (Å²) in [5.74, 6) is 0.165. The number of anilines is 1. The van der Waals surface area contributed by atoms with Crippen molar-refractivity contribution >= 4 is 44.1 Å². The minimum Gasteiger partial charge on any atom is -0.497 e. The van der Waals surface area contributed by atoms with Crippen LogP contribution in [0.5, 0.6) is 5.75 Å². The molecule has 3 rings (SSSR count). The SMILES string of the molecule is COc1ccc(C(=O)CCC(=O)Nc2nc3ccc([N+](=O)[O-])cc3s2)cc1. The van der Waals surface area contributed by atoms with E-state index in [-0.39, 0.29) is 30.2 Å². The highest BCUT2D eigenvalue weighted by Crippen LogP contribution is 2.29. The molecule has 0 spiro atoms. The van der Waals surface area contributed by atoms with Gasteiger partial charge in [-0.2, -0.15) is 0 Å². The van der Waals surface area contributed by atoms with Crippen molar-refractivity contribution in [2.24, 2.45) is 0 Å². The minimum absolute atomic E-state index is 0.0148. The Labute approximate surface area is 157 Å². The molecule has 0 aliphatic carbocycles. The van der Waals surface area contributed by atoms with Gasteiger partial charge in [-0.15, -0.1) is 0 Å². The van der Waals surface area contributed by atoms with Gasteiger partial charge in [-0.3, -0.25) is 19.7 Å². The number of hydrogen-bond acceptors (Lipinski definition) is 7. The molecule has 0 fully saturated rings. The van der Waals surface area contributed by atoms with Crippen molar-refractivity contribution < 1.29 is 19.2 Å². The number of carbonyl (C=O) groups is 2. The molecule has 0 saturated heterocycles. The summed E-state index contributed by atoms with van der Waals surface area (Å²) in [5, 5.41) is 13.8. The van der Waals surface area contributed by atoms with Crippen molar-refractivity contribution in [1.29, 1.82) is 0 Å². The molecule has 27 heavy (non-hydrogen) atoms. The second kappa shape index (κ2) is 7.92. The molecule has 1 heterocycles. The summed E-state index contributed by atoms with van der Waals surface area (Å²) in [6, 6.07) is 11.0. The Morgan fingerprint density at radius 1 is 1.19 bits per heavy atom. The molecule has 1 amide bonds. The van der Waals surface area contributed by atoms with Crippen molar-refractivity contribution in [3.63, 3.8) is 0 Å². The number of hydrogen-bond donors (Lipinski definition) is 1. The van der Waals surface area contributed by atoms with Gasteiger partial charge in [0.25, 0.3) is 5.69 Å². The molecule has 0 bridgehead atoms. The number of ketones is 1. The fourth-order valence-electron chi connectivity index (χ4n) is 2.41. The van der Waals surface area contributed by atoms with E-state index in [1.807, 2.05) is 0 Å². The van der Waals surface area contributed by atoms with Crippen LogP contribution in [0.15, 0.2) is 42.5 Å². The highest BCUT2D eigenvalue weighted by atomic mass is 32.1. The number of non-ortho nitro benzene ring substituents is 1. The zero-order valence-electron chi connectivity index (χ0n) is 14.3. The van der Waals surface area contributed by atoms with Gasteiger partial charge in [-0.1, -0.05) is 11.3 Å². The largest absolute Gasteiger partial charge is 0.497 e. The quantitative estimate of drug-likeness (QED) is 0.376. The Kier molecular flexibility index (Phi) is 5.41. The molecule has 2 aromatic carbocycles. The summed E-state index contributed by atoms with van der Waals surface area (Å²) in [5.41, 5.74) is 1.04. The average molecular weight is 385 g/mol. The number of amides is 1. The molecule has 0 saturated carbocycles. The van der Waals surface area contributed by atoms with E-state index in [4.69, 9.17) is 4.74 Å². The number of ether oxygens (including phenoxy) is 1. The number of nitrogens with zero attached hydrogens (tertiary/aromatic N) is 2. The van der Waals surface area contributed by atoms with Crippen molar-refractivity contribution in [1.82, 2.24) is 4.98 Å². The van der Waals surface area contributed by atoms with E-state index < -0.39 is 4.92 Å². The van der Waals surface area contributed by atoms with Crippen LogP contribution in [0.4, 0.5) is 10.8 Å². The van der Waals surface area contributed by atoms with Gasteiger partial charge in [0, 0.05) is 30.5 Å². The molecule has 0 unspecified atom stereocenters. The molecule has 1 aromatic heterocycles. The van der Waals surface area contributed by atoms with E-state index in [9.17, 15) is 19.7 Å².